The summed E-state index contributed by atoms with van der Waals surface area (Å²) in [5.74, 6) is 1.83. The molecule has 0 saturated heterocycles. The molecule has 0 spiro atoms. The summed E-state index contributed by atoms with van der Waals surface area (Å²) < 4.78 is 21.0. The smallest absolute Gasteiger partial charge is 0.191 e. The standard InChI is InChI=1S/C19H19ClFN3OS/c1-3-24-18(11-25-16-6-4-5-13(2)9-16)22-23-19(24)26-12-14-7-8-15(21)10-17(14)20/h4-10H,3,11-12H2,1-2H3. The van der Waals surface area contributed by atoms with Gasteiger partial charge in [0.05, 0.1) is 0 Å². The van der Waals surface area contributed by atoms with Crippen molar-refractivity contribution >= 4 is 23.4 Å². The van der Waals surface area contributed by atoms with Crippen LogP contribution in [0.3, 0.4) is 0 Å². The predicted molar refractivity (Wildman–Crippen MR) is 102 cm³/mol. The number of halogens is 2. The molecule has 0 fully saturated rings. The van der Waals surface area contributed by atoms with Crippen LogP contribution in [0.4, 0.5) is 4.39 Å². The number of aromatic nitrogens is 3. The molecular formula is C19H19ClFN3OS. The third-order valence-corrected chi connectivity index (χ3v) is 5.21. The van der Waals surface area contributed by atoms with E-state index in [0.717, 1.165) is 34.4 Å². The number of hydrogen-bond donors (Lipinski definition) is 0. The zero-order valence-corrected chi connectivity index (χ0v) is 16.1. The van der Waals surface area contributed by atoms with Crippen molar-refractivity contribution in [3.8, 4) is 5.75 Å². The van der Waals surface area contributed by atoms with Crippen molar-refractivity contribution in [3.63, 3.8) is 0 Å². The van der Waals surface area contributed by atoms with Gasteiger partial charge < -0.3 is 9.30 Å². The molecular weight excluding hydrogens is 373 g/mol. The minimum Gasteiger partial charge on any atom is -0.486 e. The molecule has 0 radical (unpaired) electrons. The number of thioether (sulfide) groups is 1. The fourth-order valence-electron chi connectivity index (χ4n) is 2.48. The van der Waals surface area contributed by atoms with E-state index in [4.69, 9.17) is 16.3 Å². The first-order chi connectivity index (χ1) is 12.6. The second kappa shape index (κ2) is 8.56. The van der Waals surface area contributed by atoms with Crippen LogP contribution < -0.4 is 4.74 Å². The van der Waals surface area contributed by atoms with E-state index in [9.17, 15) is 4.39 Å². The van der Waals surface area contributed by atoms with Gasteiger partial charge in [0, 0.05) is 17.3 Å². The quantitative estimate of drug-likeness (QED) is 0.514. The van der Waals surface area contributed by atoms with Gasteiger partial charge >= 0.3 is 0 Å². The number of nitrogens with zero attached hydrogens (tertiary/aromatic N) is 3. The molecule has 0 aliphatic heterocycles. The predicted octanol–water partition coefficient (Wildman–Crippen LogP) is 5.27. The second-order valence-corrected chi connectivity index (χ2v) is 7.12. The Labute approximate surface area is 161 Å². The van der Waals surface area contributed by atoms with Crippen molar-refractivity contribution in [2.24, 2.45) is 0 Å². The molecule has 26 heavy (non-hydrogen) atoms. The maximum atomic E-state index is 13.2. The van der Waals surface area contributed by atoms with Crippen molar-refractivity contribution in [1.82, 2.24) is 14.8 Å². The van der Waals surface area contributed by atoms with Crippen molar-refractivity contribution in [2.45, 2.75) is 37.9 Å². The molecule has 1 heterocycles. The third-order valence-electron chi connectivity index (χ3n) is 3.84. The summed E-state index contributed by atoms with van der Waals surface area (Å²) in [6.45, 7) is 5.15. The topological polar surface area (TPSA) is 39.9 Å². The highest BCUT2D eigenvalue weighted by molar-refractivity contribution is 7.98. The molecule has 4 nitrogen and oxygen atoms in total. The maximum Gasteiger partial charge on any atom is 0.191 e. The summed E-state index contributed by atoms with van der Waals surface area (Å²) in [5, 5.41) is 9.71. The van der Waals surface area contributed by atoms with Gasteiger partial charge in [-0.3, -0.25) is 0 Å². The van der Waals surface area contributed by atoms with Crippen LogP contribution in [0.5, 0.6) is 5.75 Å². The first-order valence-electron chi connectivity index (χ1n) is 8.25. The number of aryl methyl sites for hydroxylation is 1. The summed E-state index contributed by atoms with van der Waals surface area (Å²) >= 11 is 7.61. The molecule has 0 atom stereocenters. The Bertz CT molecular complexity index is 900. The van der Waals surface area contributed by atoms with Gasteiger partial charge in [-0.25, -0.2) is 4.39 Å². The van der Waals surface area contributed by atoms with Crippen LogP contribution in [0.15, 0.2) is 47.6 Å². The molecule has 0 aliphatic carbocycles. The normalized spacial score (nSPS) is 10.9. The third kappa shape index (κ3) is 4.56. The summed E-state index contributed by atoms with van der Waals surface area (Å²) in [6, 6.07) is 12.3. The first kappa shape index (κ1) is 18.7. The number of ether oxygens (including phenoxy) is 1. The lowest BCUT2D eigenvalue weighted by Crippen LogP contribution is -2.07. The van der Waals surface area contributed by atoms with Gasteiger partial charge in [0.2, 0.25) is 0 Å². The molecule has 2 aromatic carbocycles. The van der Waals surface area contributed by atoms with Gasteiger partial charge in [-0.15, -0.1) is 10.2 Å². The molecule has 0 amide bonds. The summed E-state index contributed by atoms with van der Waals surface area (Å²) in [5.41, 5.74) is 2.01. The van der Waals surface area contributed by atoms with E-state index < -0.39 is 0 Å². The summed E-state index contributed by atoms with van der Waals surface area (Å²) in [4.78, 5) is 0. The molecule has 1 aromatic heterocycles. The van der Waals surface area contributed by atoms with Crippen LogP contribution in [-0.2, 0) is 18.9 Å². The van der Waals surface area contributed by atoms with E-state index in [-0.39, 0.29) is 5.82 Å². The van der Waals surface area contributed by atoms with Crippen molar-refractivity contribution in [2.75, 3.05) is 0 Å². The van der Waals surface area contributed by atoms with Crippen molar-refractivity contribution in [3.05, 3.63) is 70.3 Å². The molecule has 0 N–H and O–H groups in total. The van der Waals surface area contributed by atoms with Crippen LogP contribution in [0.1, 0.15) is 23.9 Å². The van der Waals surface area contributed by atoms with Crippen molar-refractivity contribution in [1.29, 1.82) is 0 Å². The molecule has 0 bridgehead atoms. The zero-order valence-electron chi connectivity index (χ0n) is 14.6. The molecule has 3 rings (SSSR count). The van der Waals surface area contributed by atoms with Crippen LogP contribution in [0.25, 0.3) is 0 Å². The lowest BCUT2D eigenvalue weighted by atomic mass is 10.2. The Hall–Kier alpha value is -2.05. The van der Waals surface area contributed by atoms with Crippen molar-refractivity contribution < 1.29 is 9.13 Å². The van der Waals surface area contributed by atoms with E-state index in [0.29, 0.717) is 17.4 Å². The number of benzene rings is 2. The lowest BCUT2D eigenvalue weighted by Gasteiger charge is -2.09. The van der Waals surface area contributed by atoms with Gasteiger partial charge in [0.1, 0.15) is 18.2 Å². The van der Waals surface area contributed by atoms with E-state index in [1.54, 1.807) is 6.07 Å². The Kier molecular flexibility index (Phi) is 6.16. The number of hydrogen-bond acceptors (Lipinski definition) is 4. The van der Waals surface area contributed by atoms with Crippen LogP contribution >= 0.6 is 23.4 Å². The molecule has 0 aliphatic rings. The van der Waals surface area contributed by atoms with E-state index in [2.05, 4.69) is 10.2 Å². The van der Waals surface area contributed by atoms with Gasteiger partial charge in [-0.1, -0.05) is 41.6 Å². The highest BCUT2D eigenvalue weighted by Crippen LogP contribution is 2.27. The molecule has 0 saturated carbocycles. The average molecular weight is 392 g/mol. The molecule has 0 unspecified atom stereocenters. The molecule has 3 aromatic rings. The first-order valence-corrected chi connectivity index (χ1v) is 9.61. The van der Waals surface area contributed by atoms with Crippen LogP contribution in [-0.4, -0.2) is 14.8 Å². The van der Waals surface area contributed by atoms with Gasteiger partial charge in [0.25, 0.3) is 0 Å². The minimum atomic E-state index is -0.337. The SMILES string of the molecule is CCn1c(COc2cccc(C)c2)nnc1SCc1ccc(F)cc1Cl. The average Bonchev–Trinajstić information content (AvgIpc) is 3.01. The van der Waals surface area contributed by atoms with Crippen LogP contribution in [0, 0.1) is 12.7 Å². The van der Waals surface area contributed by atoms with E-state index in [1.807, 2.05) is 42.7 Å². The van der Waals surface area contributed by atoms with Gasteiger partial charge in [-0.2, -0.15) is 0 Å². The fourth-order valence-corrected chi connectivity index (χ4v) is 3.82. The Morgan fingerprint density at radius 1 is 1.19 bits per heavy atom. The number of rotatable bonds is 7. The maximum absolute atomic E-state index is 13.2. The van der Waals surface area contributed by atoms with E-state index in [1.165, 1.54) is 23.9 Å². The monoisotopic (exact) mass is 391 g/mol. The summed E-state index contributed by atoms with van der Waals surface area (Å²) in [7, 11) is 0. The summed E-state index contributed by atoms with van der Waals surface area (Å²) in [6.07, 6.45) is 0. The Morgan fingerprint density at radius 2 is 2.04 bits per heavy atom. The molecule has 7 heteroatoms. The lowest BCUT2D eigenvalue weighted by molar-refractivity contribution is 0.288. The van der Waals surface area contributed by atoms with Crippen LogP contribution in [0.2, 0.25) is 5.02 Å². The fraction of sp³-hybridized carbons (Fsp3) is 0.263. The zero-order chi connectivity index (χ0) is 18.5. The minimum absolute atomic E-state index is 0.337. The van der Waals surface area contributed by atoms with E-state index >= 15 is 0 Å². The Morgan fingerprint density at radius 3 is 2.77 bits per heavy atom. The Balaban J connectivity index is 1.67. The highest BCUT2D eigenvalue weighted by atomic mass is 35.5. The van der Waals surface area contributed by atoms with Gasteiger partial charge in [0.15, 0.2) is 11.0 Å². The highest BCUT2D eigenvalue weighted by Gasteiger charge is 2.13. The second-order valence-electron chi connectivity index (χ2n) is 5.77. The largest absolute Gasteiger partial charge is 0.486 e. The molecule has 136 valence electrons. The van der Waals surface area contributed by atoms with Gasteiger partial charge in [-0.05, 0) is 49.2 Å².